The molecule has 0 saturated heterocycles. The Bertz CT molecular complexity index is 1000. The molecule has 0 spiro atoms. The van der Waals surface area contributed by atoms with Gasteiger partial charge in [0.15, 0.2) is 0 Å². The largest absolute Gasteiger partial charge is 0.474 e. The lowest BCUT2D eigenvalue weighted by molar-refractivity contribution is 0.374. The van der Waals surface area contributed by atoms with E-state index in [0.29, 0.717) is 23.1 Å². The number of rotatable bonds is 3. The van der Waals surface area contributed by atoms with Crippen LogP contribution in [0.15, 0.2) is 66.9 Å². The Morgan fingerprint density at radius 1 is 1.00 bits per heavy atom. The van der Waals surface area contributed by atoms with Crippen molar-refractivity contribution in [2.45, 2.75) is 0 Å². The number of nitrogens with zero attached hydrogens (tertiary/aromatic N) is 1. The number of aromatic nitrogens is 1. The first-order valence-corrected chi connectivity index (χ1v) is 9.22. The van der Waals surface area contributed by atoms with Crippen LogP contribution in [0.5, 0.6) is 17.4 Å². The Hall–Kier alpha value is -3.06. The van der Waals surface area contributed by atoms with E-state index in [2.05, 4.69) is 9.71 Å². The van der Waals surface area contributed by atoms with Crippen molar-refractivity contribution in [2.75, 3.05) is 10.7 Å². The maximum Gasteiger partial charge on any atom is 0.268 e. The summed E-state index contributed by atoms with van der Waals surface area (Å²) in [6.45, 7) is 0. The van der Waals surface area contributed by atoms with Crippen LogP contribution in [-0.2, 0) is 10.0 Å². The second-order valence-electron chi connectivity index (χ2n) is 5.45. The number of hydrogen-bond acceptors (Lipinski definition) is 5. The van der Waals surface area contributed by atoms with Gasteiger partial charge >= 0.3 is 0 Å². The lowest BCUT2D eigenvalue weighted by atomic mass is 10.0. The summed E-state index contributed by atoms with van der Waals surface area (Å²) in [5, 5.41) is 0. The van der Waals surface area contributed by atoms with Crippen molar-refractivity contribution < 1.29 is 17.9 Å². The molecule has 2 heterocycles. The van der Waals surface area contributed by atoms with Crippen LogP contribution in [0.3, 0.4) is 0 Å². The number of para-hydroxylation sites is 1. The third-order valence-electron chi connectivity index (χ3n) is 3.68. The average Bonchev–Trinajstić information content (AvgIpc) is 2.62. The highest BCUT2D eigenvalue weighted by molar-refractivity contribution is 7.92. The van der Waals surface area contributed by atoms with Gasteiger partial charge in [0.05, 0.1) is 5.69 Å². The standard InChI is InChI=1S/C18H14N2O4S/c21-25(22)12-23-16-5-3-4-15(18(16)20-25)13-7-9-14(10-8-13)24-17-6-1-2-11-19-17/h1-11,20H,12H2. The zero-order chi connectivity index (χ0) is 17.3. The van der Waals surface area contributed by atoms with Crippen LogP contribution in [0.2, 0.25) is 0 Å². The van der Waals surface area contributed by atoms with Gasteiger partial charge in [-0.25, -0.2) is 13.4 Å². The molecule has 7 heteroatoms. The Kier molecular flexibility index (Phi) is 3.77. The fraction of sp³-hybridized carbons (Fsp3) is 0.0556. The summed E-state index contributed by atoms with van der Waals surface area (Å²) in [6, 6.07) is 18.2. The molecule has 0 bridgehead atoms. The third kappa shape index (κ3) is 3.27. The van der Waals surface area contributed by atoms with Gasteiger partial charge < -0.3 is 9.47 Å². The fourth-order valence-electron chi connectivity index (χ4n) is 2.55. The van der Waals surface area contributed by atoms with E-state index >= 15 is 0 Å². The molecule has 0 radical (unpaired) electrons. The second-order valence-corrected chi connectivity index (χ2v) is 7.12. The molecule has 3 aromatic rings. The maximum absolute atomic E-state index is 11.8. The van der Waals surface area contributed by atoms with E-state index in [-0.39, 0.29) is 5.94 Å². The molecule has 4 rings (SSSR count). The molecule has 0 unspecified atom stereocenters. The summed E-state index contributed by atoms with van der Waals surface area (Å²) in [7, 11) is -3.48. The predicted molar refractivity (Wildman–Crippen MR) is 94.2 cm³/mol. The summed E-state index contributed by atoms with van der Waals surface area (Å²) in [5.74, 6) is 1.29. The number of fused-ring (bicyclic) bond motifs is 1. The molecule has 0 amide bonds. The smallest absolute Gasteiger partial charge is 0.268 e. The topological polar surface area (TPSA) is 77.5 Å². The molecule has 1 aliphatic heterocycles. The van der Waals surface area contributed by atoms with Gasteiger partial charge in [-0.05, 0) is 29.8 Å². The summed E-state index contributed by atoms with van der Waals surface area (Å²) in [6.07, 6.45) is 1.66. The molecule has 6 nitrogen and oxygen atoms in total. The van der Waals surface area contributed by atoms with E-state index in [9.17, 15) is 8.42 Å². The molecule has 1 aromatic heterocycles. The second kappa shape index (κ2) is 6.10. The van der Waals surface area contributed by atoms with Crippen molar-refractivity contribution in [3.63, 3.8) is 0 Å². The molecule has 126 valence electrons. The Labute approximate surface area is 145 Å². The monoisotopic (exact) mass is 354 g/mol. The summed E-state index contributed by atoms with van der Waals surface area (Å²) >= 11 is 0. The Morgan fingerprint density at radius 3 is 2.60 bits per heavy atom. The van der Waals surface area contributed by atoms with Gasteiger partial charge in [-0.2, -0.15) is 0 Å². The Balaban J connectivity index is 1.65. The zero-order valence-electron chi connectivity index (χ0n) is 13.0. The number of pyridine rings is 1. The molecule has 0 aliphatic carbocycles. The molecule has 0 saturated carbocycles. The van der Waals surface area contributed by atoms with Crippen LogP contribution in [0, 0.1) is 0 Å². The number of hydrogen-bond donors (Lipinski definition) is 1. The van der Waals surface area contributed by atoms with E-state index in [0.717, 1.165) is 11.1 Å². The van der Waals surface area contributed by atoms with E-state index < -0.39 is 10.0 Å². The lowest BCUT2D eigenvalue weighted by Crippen LogP contribution is -2.25. The van der Waals surface area contributed by atoms with E-state index in [4.69, 9.17) is 9.47 Å². The average molecular weight is 354 g/mol. The maximum atomic E-state index is 11.8. The van der Waals surface area contributed by atoms with Gasteiger partial charge in [-0.1, -0.05) is 30.3 Å². The molecule has 2 aromatic carbocycles. The van der Waals surface area contributed by atoms with E-state index in [1.165, 1.54) is 0 Å². The molecule has 0 atom stereocenters. The number of ether oxygens (including phenoxy) is 2. The minimum Gasteiger partial charge on any atom is -0.474 e. The highest BCUT2D eigenvalue weighted by Crippen LogP contribution is 2.39. The number of benzene rings is 2. The van der Waals surface area contributed by atoms with Crippen LogP contribution < -0.4 is 14.2 Å². The van der Waals surface area contributed by atoms with Gasteiger partial charge in [0, 0.05) is 17.8 Å². The summed E-state index contributed by atoms with van der Waals surface area (Å²) in [4.78, 5) is 4.11. The highest BCUT2D eigenvalue weighted by Gasteiger charge is 2.24. The Morgan fingerprint density at radius 2 is 1.84 bits per heavy atom. The third-order valence-corrected chi connectivity index (χ3v) is 4.62. The first-order chi connectivity index (χ1) is 12.1. The van der Waals surface area contributed by atoms with Gasteiger partial charge in [-0.3, -0.25) is 4.72 Å². The zero-order valence-corrected chi connectivity index (χ0v) is 13.9. The van der Waals surface area contributed by atoms with Crippen LogP contribution in [-0.4, -0.2) is 19.3 Å². The van der Waals surface area contributed by atoms with E-state index in [1.807, 2.05) is 48.5 Å². The predicted octanol–water partition coefficient (Wildman–Crippen LogP) is 3.63. The van der Waals surface area contributed by atoms with Crippen LogP contribution in [0.4, 0.5) is 5.69 Å². The normalized spacial score (nSPS) is 14.7. The van der Waals surface area contributed by atoms with Crippen LogP contribution in [0.1, 0.15) is 0 Å². The molecule has 1 aliphatic rings. The van der Waals surface area contributed by atoms with Gasteiger partial charge in [0.2, 0.25) is 11.8 Å². The first kappa shape index (κ1) is 15.5. The van der Waals surface area contributed by atoms with Crippen molar-refractivity contribution in [3.05, 3.63) is 66.9 Å². The molecule has 1 N–H and O–H groups in total. The summed E-state index contributed by atoms with van der Waals surface area (Å²) in [5.41, 5.74) is 2.04. The first-order valence-electron chi connectivity index (χ1n) is 7.56. The van der Waals surface area contributed by atoms with Gasteiger partial charge in [0.1, 0.15) is 11.5 Å². The van der Waals surface area contributed by atoms with Crippen molar-refractivity contribution in [1.29, 1.82) is 0 Å². The minimum atomic E-state index is -3.48. The number of sulfonamides is 1. The lowest BCUT2D eigenvalue weighted by Gasteiger charge is -2.22. The summed E-state index contributed by atoms with van der Waals surface area (Å²) < 4.78 is 37.1. The van der Waals surface area contributed by atoms with Gasteiger partial charge in [-0.15, -0.1) is 0 Å². The van der Waals surface area contributed by atoms with Crippen molar-refractivity contribution >= 4 is 15.7 Å². The minimum absolute atomic E-state index is 0.375. The van der Waals surface area contributed by atoms with E-state index in [1.54, 1.807) is 18.3 Å². The highest BCUT2D eigenvalue weighted by atomic mass is 32.2. The fourth-order valence-corrected chi connectivity index (χ4v) is 3.42. The van der Waals surface area contributed by atoms with Crippen molar-refractivity contribution in [2.24, 2.45) is 0 Å². The molecular formula is C18H14N2O4S. The van der Waals surface area contributed by atoms with Crippen molar-refractivity contribution in [3.8, 4) is 28.5 Å². The molecule has 0 fully saturated rings. The number of anilines is 1. The molecular weight excluding hydrogens is 340 g/mol. The van der Waals surface area contributed by atoms with Crippen molar-refractivity contribution in [1.82, 2.24) is 4.98 Å². The number of nitrogens with one attached hydrogen (secondary N) is 1. The molecule has 25 heavy (non-hydrogen) atoms. The SMILES string of the molecule is O=S1(=O)COc2cccc(-c3ccc(Oc4ccccn4)cc3)c2N1. The van der Waals surface area contributed by atoms with Crippen LogP contribution >= 0.6 is 0 Å². The van der Waals surface area contributed by atoms with Crippen LogP contribution in [0.25, 0.3) is 11.1 Å². The van der Waals surface area contributed by atoms with Gasteiger partial charge in [0.25, 0.3) is 10.0 Å². The quantitative estimate of drug-likeness (QED) is 0.777.